The maximum Gasteiger partial charge on any atom is 0.415 e. The van der Waals surface area contributed by atoms with Crippen LogP contribution in [0.1, 0.15) is 57.1 Å². The molecule has 1 fully saturated rings. The third-order valence-corrected chi connectivity index (χ3v) is 5.41. The molecule has 178 valence electrons. The van der Waals surface area contributed by atoms with E-state index < -0.39 is 0 Å². The van der Waals surface area contributed by atoms with E-state index in [9.17, 15) is 9.59 Å². The molecule has 0 bridgehead atoms. The Labute approximate surface area is 196 Å². The summed E-state index contributed by atoms with van der Waals surface area (Å²) < 4.78 is 5.53. The van der Waals surface area contributed by atoms with Gasteiger partial charge in [-0.1, -0.05) is 20.8 Å². The Hall–Kier alpha value is -3.00. The third-order valence-electron chi connectivity index (χ3n) is 5.41. The number of carbonyl (C=O) groups excluding carboxylic acids is 2. The molecule has 8 nitrogen and oxygen atoms in total. The van der Waals surface area contributed by atoms with Crippen LogP contribution in [-0.2, 0) is 6.54 Å². The van der Waals surface area contributed by atoms with Crippen LogP contribution in [0.4, 0.5) is 4.79 Å². The van der Waals surface area contributed by atoms with Crippen molar-refractivity contribution in [1.29, 1.82) is 0 Å². The van der Waals surface area contributed by atoms with Crippen LogP contribution in [0.15, 0.2) is 42.9 Å². The van der Waals surface area contributed by atoms with Crippen molar-refractivity contribution in [3.05, 3.63) is 54.1 Å². The zero-order valence-electron chi connectivity index (χ0n) is 20.3. The number of rotatable bonds is 6. The molecule has 0 aliphatic carbocycles. The average molecular weight is 454 g/mol. The Morgan fingerprint density at radius 1 is 1.00 bits per heavy atom. The zero-order chi connectivity index (χ0) is 24.1. The Balaban J connectivity index is 1.47. The van der Waals surface area contributed by atoms with E-state index >= 15 is 0 Å². The Bertz CT molecular complexity index is 931. The molecule has 0 atom stereocenters. The number of amides is 2. The fourth-order valence-electron chi connectivity index (χ4n) is 4.32. The second-order valence-corrected chi connectivity index (χ2v) is 10.4. The van der Waals surface area contributed by atoms with Crippen LogP contribution < -0.4 is 10.1 Å². The van der Waals surface area contributed by atoms with Gasteiger partial charge in [-0.2, -0.15) is 0 Å². The fraction of sp³-hybridized carbons (Fsp3) is 0.520. The van der Waals surface area contributed by atoms with Crippen LogP contribution in [-0.4, -0.2) is 63.5 Å². The van der Waals surface area contributed by atoms with Gasteiger partial charge in [-0.05, 0) is 56.0 Å². The van der Waals surface area contributed by atoms with Crippen LogP contribution in [0.3, 0.4) is 0 Å². The van der Waals surface area contributed by atoms with Gasteiger partial charge in [0, 0.05) is 50.0 Å². The van der Waals surface area contributed by atoms with Crippen molar-refractivity contribution < 1.29 is 14.3 Å². The Morgan fingerprint density at radius 2 is 1.67 bits per heavy atom. The summed E-state index contributed by atoms with van der Waals surface area (Å²) >= 11 is 0. The predicted octanol–water partition coefficient (Wildman–Crippen LogP) is 3.74. The van der Waals surface area contributed by atoms with Gasteiger partial charge in [-0.25, -0.2) is 14.8 Å². The van der Waals surface area contributed by atoms with E-state index in [1.807, 2.05) is 19.9 Å². The quantitative estimate of drug-likeness (QED) is 0.717. The van der Waals surface area contributed by atoms with Crippen molar-refractivity contribution in [3.63, 3.8) is 0 Å². The molecule has 33 heavy (non-hydrogen) atoms. The Morgan fingerprint density at radius 3 is 2.24 bits per heavy atom. The number of aromatic nitrogens is 2. The van der Waals surface area contributed by atoms with Gasteiger partial charge in [0.1, 0.15) is 12.1 Å². The van der Waals surface area contributed by atoms with Crippen LogP contribution in [0.25, 0.3) is 0 Å². The summed E-state index contributed by atoms with van der Waals surface area (Å²) in [4.78, 5) is 37.3. The third kappa shape index (κ3) is 7.82. The highest BCUT2D eigenvalue weighted by molar-refractivity contribution is 5.94. The molecule has 2 heterocycles. The number of hydrogen-bond acceptors (Lipinski definition) is 6. The van der Waals surface area contributed by atoms with E-state index in [0.717, 1.165) is 31.7 Å². The number of ether oxygens (including phenoxy) is 1. The van der Waals surface area contributed by atoms with Crippen molar-refractivity contribution in [2.75, 3.05) is 26.2 Å². The van der Waals surface area contributed by atoms with E-state index in [-0.39, 0.29) is 23.0 Å². The summed E-state index contributed by atoms with van der Waals surface area (Å²) in [7, 11) is 0. The molecule has 1 saturated heterocycles. The lowest BCUT2D eigenvalue weighted by Gasteiger charge is -2.33. The molecule has 2 aromatic rings. The molecule has 2 amide bonds. The van der Waals surface area contributed by atoms with Crippen LogP contribution in [0.2, 0.25) is 0 Å². The molecule has 0 saturated carbocycles. The van der Waals surface area contributed by atoms with Crippen molar-refractivity contribution in [1.82, 2.24) is 25.1 Å². The molecule has 1 N–H and O–H groups in total. The Kier molecular flexibility index (Phi) is 7.68. The lowest BCUT2D eigenvalue weighted by Crippen LogP contribution is -2.49. The van der Waals surface area contributed by atoms with Gasteiger partial charge < -0.3 is 15.0 Å². The molecular weight excluding hydrogens is 418 g/mol. The van der Waals surface area contributed by atoms with Gasteiger partial charge in [0.2, 0.25) is 0 Å². The normalized spacial score (nSPS) is 15.2. The minimum Gasteiger partial charge on any atom is -0.410 e. The average Bonchev–Trinajstić information content (AvgIpc) is 2.73. The summed E-state index contributed by atoms with van der Waals surface area (Å²) in [6, 6.07) is 8.59. The van der Waals surface area contributed by atoms with Crippen LogP contribution in [0, 0.1) is 5.41 Å². The minimum atomic E-state index is -0.375. The fourth-order valence-corrected chi connectivity index (χ4v) is 4.32. The lowest BCUT2D eigenvalue weighted by molar-refractivity contribution is 0.0891. The highest BCUT2D eigenvalue weighted by atomic mass is 16.6. The molecule has 0 spiro atoms. The lowest BCUT2D eigenvalue weighted by atomic mass is 9.81. The summed E-state index contributed by atoms with van der Waals surface area (Å²) in [6.07, 6.45) is 3.76. The number of piperazine rings is 1. The maximum atomic E-state index is 12.6. The molecule has 0 radical (unpaired) electrons. The first kappa shape index (κ1) is 24.6. The maximum absolute atomic E-state index is 12.6. The van der Waals surface area contributed by atoms with Crippen LogP contribution in [0.5, 0.6) is 5.75 Å². The standard InChI is InChI=1S/C25H35N5O3/c1-24(2,3)17-25(4,5)28-22(31)19-6-8-21(9-7-19)33-23(32)30-14-12-29(13-15-30)16-20-10-11-26-18-27-20/h6-11,18H,12-17H2,1-5H3,(H,28,31). The smallest absolute Gasteiger partial charge is 0.410 e. The number of benzene rings is 1. The van der Waals surface area contributed by atoms with E-state index in [2.05, 4.69) is 41.0 Å². The first-order valence-corrected chi connectivity index (χ1v) is 11.4. The monoisotopic (exact) mass is 453 g/mol. The van der Waals surface area contributed by atoms with E-state index in [0.29, 0.717) is 24.4 Å². The summed E-state index contributed by atoms with van der Waals surface area (Å²) in [5.74, 6) is 0.288. The first-order chi connectivity index (χ1) is 15.5. The molecular formula is C25H35N5O3. The first-order valence-electron chi connectivity index (χ1n) is 11.4. The molecule has 1 aromatic heterocycles. The summed E-state index contributed by atoms with van der Waals surface area (Å²) in [6.45, 7) is 13.9. The van der Waals surface area contributed by atoms with E-state index in [1.165, 1.54) is 0 Å². The SMILES string of the molecule is CC(C)(C)CC(C)(C)NC(=O)c1ccc(OC(=O)N2CCN(Cc3ccncn3)CC2)cc1. The summed E-state index contributed by atoms with van der Waals surface area (Å²) in [5.41, 5.74) is 1.29. The molecule has 1 aromatic carbocycles. The van der Waals surface area contributed by atoms with E-state index in [1.54, 1.807) is 41.7 Å². The topological polar surface area (TPSA) is 87.7 Å². The van der Waals surface area contributed by atoms with Crippen molar-refractivity contribution in [2.24, 2.45) is 5.41 Å². The highest BCUT2D eigenvalue weighted by Crippen LogP contribution is 2.27. The molecule has 1 aliphatic heterocycles. The molecule has 3 rings (SSSR count). The van der Waals surface area contributed by atoms with Gasteiger partial charge in [-0.15, -0.1) is 0 Å². The van der Waals surface area contributed by atoms with Gasteiger partial charge >= 0.3 is 6.09 Å². The minimum absolute atomic E-state index is 0.107. The van der Waals surface area contributed by atoms with Crippen molar-refractivity contribution >= 4 is 12.0 Å². The number of carbonyl (C=O) groups is 2. The largest absolute Gasteiger partial charge is 0.415 e. The van der Waals surface area contributed by atoms with Gasteiger partial charge in [0.15, 0.2) is 0 Å². The molecule has 8 heteroatoms. The number of nitrogens with zero attached hydrogens (tertiary/aromatic N) is 4. The number of hydrogen-bond donors (Lipinski definition) is 1. The van der Waals surface area contributed by atoms with Crippen molar-refractivity contribution in [3.8, 4) is 5.75 Å². The second-order valence-electron chi connectivity index (χ2n) is 10.4. The van der Waals surface area contributed by atoms with Crippen LogP contribution >= 0.6 is 0 Å². The zero-order valence-corrected chi connectivity index (χ0v) is 20.3. The molecule has 1 aliphatic rings. The van der Waals surface area contributed by atoms with Gasteiger partial charge in [-0.3, -0.25) is 9.69 Å². The summed E-state index contributed by atoms with van der Waals surface area (Å²) in [5, 5.41) is 3.09. The van der Waals surface area contributed by atoms with Gasteiger partial charge in [0.05, 0.1) is 5.69 Å². The van der Waals surface area contributed by atoms with Crippen molar-refractivity contribution in [2.45, 2.75) is 53.1 Å². The number of nitrogens with one attached hydrogen (secondary N) is 1. The second kappa shape index (κ2) is 10.3. The molecule has 0 unspecified atom stereocenters. The van der Waals surface area contributed by atoms with E-state index in [4.69, 9.17) is 4.74 Å². The predicted molar refractivity (Wildman–Crippen MR) is 127 cm³/mol. The highest BCUT2D eigenvalue weighted by Gasteiger charge is 2.27. The van der Waals surface area contributed by atoms with Gasteiger partial charge in [0.25, 0.3) is 5.91 Å².